The maximum absolute atomic E-state index is 3.81. The summed E-state index contributed by atoms with van der Waals surface area (Å²) in [6, 6.07) is 0. The first-order chi connectivity index (χ1) is 8.24. The van der Waals surface area contributed by atoms with E-state index in [1.165, 1.54) is 71.1 Å². The zero-order valence-corrected chi connectivity index (χ0v) is 11.8. The quantitative estimate of drug-likeness (QED) is 0.743. The molecule has 0 amide bonds. The Hall–Kier alpha value is -0.0800. The maximum Gasteiger partial charge on any atom is 0.00206 e. The molecule has 0 aromatic heterocycles. The molecule has 2 fully saturated rings. The Labute approximate surface area is 107 Å². The van der Waals surface area contributed by atoms with Gasteiger partial charge in [-0.1, -0.05) is 26.7 Å². The van der Waals surface area contributed by atoms with Gasteiger partial charge in [0.1, 0.15) is 0 Å². The lowest BCUT2D eigenvalue weighted by molar-refractivity contribution is 0.230. The largest absolute Gasteiger partial charge is 0.316 e. The summed E-state index contributed by atoms with van der Waals surface area (Å²) in [4.78, 5) is 0. The Bertz CT molecular complexity index is 201. The molecule has 2 N–H and O–H groups in total. The van der Waals surface area contributed by atoms with Crippen molar-refractivity contribution in [1.82, 2.24) is 10.6 Å². The van der Waals surface area contributed by atoms with Crippen LogP contribution in [0.1, 0.15) is 58.8 Å². The minimum atomic E-state index is 0.549. The Morgan fingerprint density at radius 1 is 0.941 bits per heavy atom. The van der Waals surface area contributed by atoms with E-state index in [0.29, 0.717) is 10.8 Å². The lowest BCUT2D eigenvalue weighted by Gasteiger charge is -2.32. The molecule has 2 aliphatic rings. The molecule has 1 saturated carbocycles. The number of rotatable bonds is 6. The third kappa shape index (κ3) is 3.03. The average Bonchev–Trinajstić information content (AvgIpc) is 2.99. The van der Waals surface area contributed by atoms with Gasteiger partial charge in [0.15, 0.2) is 0 Å². The smallest absolute Gasteiger partial charge is 0.00206 e. The van der Waals surface area contributed by atoms with Crippen LogP contribution in [0.2, 0.25) is 0 Å². The Morgan fingerprint density at radius 2 is 1.59 bits per heavy atom. The number of nitrogens with one attached hydrogen (secondary N) is 2. The minimum Gasteiger partial charge on any atom is -0.316 e. The monoisotopic (exact) mass is 238 g/mol. The zero-order chi connectivity index (χ0) is 12.2. The van der Waals surface area contributed by atoms with Crippen LogP contribution in [0.15, 0.2) is 0 Å². The molecule has 0 spiro atoms. The van der Waals surface area contributed by atoms with E-state index in [1.54, 1.807) is 0 Å². The van der Waals surface area contributed by atoms with Crippen molar-refractivity contribution in [2.45, 2.75) is 58.8 Å². The first-order valence-corrected chi connectivity index (χ1v) is 7.66. The molecule has 1 unspecified atom stereocenters. The van der Waals surface area contributed by atoms with E-state index in [9.17, 15) is 0 Å². The van der Waals surface area contributed by atoms with Crippen molar-refractivity contribution >= 4 is 0 Å². The van der Waals surface area contributed by atoms with Crippen molar-refractivity contribution in [1.29, 1.82) is 0 Å². The third-order valence-electron chi connectivity index (χ3n) is 5.50. The Morgan fingerprint density at radius 3 is 2.12 bits per heavy atom. The molecule has 0 aromatic carbocycles. The molecule has 2 rings (SSSR count). The molecule has 2 nitrogen and oxygen atoms in total. The third-order valence-corrected chi connectivity index (χ3v) is 5.50. The second kappa shape index (κ2) is 5.71. The first kappa shape index (κ1) is 13.4. The number of hydrogen-bond donors (Lipinski definition) is 2. The van der Waals surface area contributed by atoms with Crippen molar-refractivity contribution in [3.05, 3.63) is 0 Å². The summed E-state index contributed by atoms with van der Waals surface area (Å²) in [6.07, 6.45) is 9.84. The van der Waals surface area contributed by atoms with E-state index < -0.39 is 0 Å². The van der Waals surface area contributed by atoms with Crippen molar-refractivity contribution in [2.24, 2.45) is 10.8 Å². The summed E-state index contributed by atoms with van der Waals surface area (Å²) < 4.78 is 0. The highest BCUT2D eigenvalue weighted by Gasteiger charge is 2.34. The van der Waals surface area contributed by atoms with Gasteiger partial charge in [-0.25, -0.2) is 0 Å². The number of hydrogen-bond acceptors (Lipinski definition) is 2. The Kier molecular flexibility index (Phi) is 4.48. The summed E-state index contributed by atoms with van der Waals surface area (Å²) in [5.74, 6) is 0. The lowest BCUT2D eigenvalue weighted by Crippen LogP contribution is -2.40. The van der Waals surface area contributed by atoms with Gasteiger partial charge in [-0.3, -0.25) is 0 Å². The SMILES string of the molecule is CCC1(CNCC2(CC)CCNC2)CCCC1. The van der Waals surface area contributed by atoms with E-state index in [4.69, 9.17) is 0 Å². The fraction of sp³-hybridized carbons (Fsp3) is 1.00. The summed E-state index contributed by atoms with van der Waals surface area (Å²) >= 11 is 0. The molecule has 1 atom stereocenters. The molecule has 1 heterocycles. The van der Waals surface area contributed by atoms with Crippen molar-refractivity contribution in [3.8, 4) is 0 Å². The average molecular weight is 238 g/mol. The highest BCUT2D eigenvalue weighted by Crippen LogP contribution is 2.40. The van der Waals surface area contributed by atoms with Crippen LogP contribution in [0.5, 0.6) is 0 Å². The van der Waals surface area contributed by atoms with Gasteiger partial charge < -0.3 is 10.6 Å². The van der Waals surface area contributed by atoms with E-state index in [2.05, 4.69) is 24.5 Å². The van der Waals surface area contributed by atoms with Gasteiger partial charge in [-0.05, 0) is 49.5 Å². The van der Waals surface area contributed by atoms with Crippen molar-refractivity contribution in [2.75, 3.05) is 26.2 Å². The van der Waals surface area contributed by atoms with E-state index in [0.717, 1.165) is 0 Å². The molecule has 1 aliphatic heterocycles. The Balaban J connectivity index is 1.78. The maximum atomic E-state index is 3.81. The molecule has 0 bridgehead atoms. The summed E-state index contributed by atoms with van der Waals surface area (Å²) in [5, 5.41) is 7.34. The van der Waals surface area contributed by atoms with Crippen LogP contribution >= 0.6 is 0 Å². The van der Waals surface area contributed by atoms with Crippen LogP contribution in [0.4, 0.5) is 0 Å². The first-order valence-electron chi connectivity index (χ1n) is 7.66. The summed E-state index contributed by atoms with van der Waals surface area (Å²) in [7, 11) is 0. The standard InChI is InChI=1S/C15H30N2/c1-3-14(7-5-6-8-14)11-17-13-15(4-2)9-10-16-12-15/h16-17H,3-13H2,1-2H3. The summed E-state index contributed by atoms with van der Waals surface area (Å²) in [5.41, 5.74) is 1.19. The highest BCUT2D eigenvalue weighted by molar-refractivity contribution is 4.91. The van der Waals surface area contributed by atoms with Crippen LogP contribution in [0.25, 0.3) is 0 Å². The van der Waals surface area contributed by atoms with Gasteiger partial charge in [0.2, 0.25) is 0 Å². The van der Waals surface area contributed by atoms with Gasteiger partial charge in [-0.15, -0.1) is 0 Å². The van der Waals surface area contributed by atoms with Crippen LogP contribution < -0.4 is 10.6 Å². The van der Waals surface area contributed by atoms with E-state index in [-0.39, 0.29) is 0 Å². The van der Waals surface area contributed by atoms with Crippen molar-refractivity contribution in [3.63, 3.8) is 0 Å². The van der Waals surface area contributed by atoms with Crippen LogP contribution in [-0.2, 0) is 0 Å². The van der Waals surface area contributed by atoms with Crippen LogP contribution in [-0.4, -0.2) is 26.2 Å². The van der Waals surface area contributed by atoms with E-state index >= 15 is 0 Å². The van der Waals surface area contributed by atoms with Crippen LogP contribution in [0.3, 0.4) is 0 Å². The van der Waals surface area contributed by atoms with Gasteiger partial charge in [-0.2, -0.15) is 0 Å². The van der Waals surface area contributed by atoms with Gasteiger partial charge in [0.05, 0.1) is 0 Å². The van der Waals surface area contributed by atoms with Gasteiger partial charge in [0.25, 0.3) is 0 Å². The summed E-state index contributed by atoms with van der Waals surface area (Å²) in [6.45, 7) is 9.63. The highest BCUT2D eigenvalue weighted by atomic mass is 15.0. The fourth-order valence-electron chi connectivity index (χ4n) is 3.75. The molecular weight excluding hydrogens is 208 g/mol. The molecule has 2 heteroatoms. The van der Waals surface area contributed by atoms with Crippen molar-refractivity contribution < 1.29 is 0 Å². The van der Waals surface area contributed by atoms with Gasteiger partial charge >= 0.3 is 0 Å². The second-order valence-corrected chi connectivity index (χ2v) is 6.44. The molecule has 17 heavy (non-hydrogen) atoms. The topological polar surface area (TPSA) is 24.1 Å². The molecule has 1 saturated heterocycles. The molecule has 100 valence electrons. The van der Waals surface area contributed by atoms with Crippen LogP contribution in [0, 0.1) is 10.8 Å². The molecule has 1 aliphatic carbocycles. The van der Waals surface area contributed by atoms with E-state index in [1.807, 2.05) is 0 Å². The minimum absolute atomic E-state index is 0.549. The second-order valence-electron chi connectivity index (χ2n) is 6.44. The molecule has 0 aromatic rings. The zero-order valence-electron chi connectivity index (χ0n) is 11.8. The molecular formula is C15H30N2. The lowest BCUT2D eigenvalue weighted by atomic mass is 9.81. The normalized spacial score (nSPS) is 32.1. The van der Waals surface area contributed by atoms with Gasteiger partial charge in [0, 0.05) is 19.6 Å². The predicted octanol–water partition coefficient (Wildman–Crippen LogP) is 2.94. The molecule has 0 radical (unpaired) electrons. The predicted molar refractivity (Wildman–Crippen MR) is 74.3 cm³/mol. The fourth-order valence-corrected chi connectivity index (χ4v) is 3.75.